The molecule has 0 aromatic heterocycles. The first-order valence-electron chi connectivity index (χ1n) is 9.11. The Morgan fingerprint density at radius 3 is 2.39 bits per heavy atom. The fourth-order valence-electron chi connectivity index (χ4n) is 2.92. The molecule has 1 saturated carbocycles. The van der Waals surface area contributed by atoms with E-state index in [1.165, 1.54) is 36.6 Å². The first-order chi connectivity index (χ1) is 13.3. The zero-order valence-corrected chi connectivity index (χ0v) is 17.5. The van der Waals surface area contributed by atoms with Gasteiger partial charge in [0.2, 0.25) is 10.0 Å². The molecule has 0 N–H and O–H groups in total. The first-order valence-corrected chi connectivity index (χ1v) is 10.9. The minimum atomic E-state index is -3.45. The van der Waals surface area contributed by atoms with Crippen LogP contribution in [0.4, 0.5) is 4.39 Å². The summed E-state index contributed by atoms with van der Waals surface area (Å²) in [5.41, 5.74) is 0.509. The minimum absolute atomic E-state index is 0.221. The molecule has 0 saturated heterocycles. The summed E-state index contributed by atoms with van der Waals surface area (Å²) in [5.74, 6) is 0.300. The van der Waals surface area contributed by atoms with Crippen molar-refractivity contribution in [2.75, 3.05) is 27.2 Å². The third kappa shape index (κ3) is 5.03. The van der Waals surface area contributed by atoms with Gasteiger partial charge in [-0.15, -0.1) is 0 Å². The average molecular weight is 427 g/mol. The minimum Gasteiger partial charge on any atom is -0.492 e. The van der Waals surface area contributed by atoms with Crippen LogP contribution in [0.25, 0.3) is 0 Å². The monoisotopic (exact) mass is 426 g/mol. The average Bonchev–Trinajstić information content (AvgIpc) is 3.49. The second-order valence-electron chi connectivity index (χ2n) is 7.01. The summed E-state index contributed by atoms with van der Waals surface area (Å²) in [6.07, 6.45) is 2.17. The van der Waals surface area contributed by atoms with Crippen LogP contribution in [0.3, 0.4) is 0 Å². The van der Waals surface area contributed by atoms with Gasteiger partial charge >= 0.3 is 0 Å². The van der Waals surface area contributed by atoms with Crippen LogP contribution in [0.15, 0.2) is 47.4 Å². The maximum absolute atomic E-state index is 14.1. The van der Waals surface area contributed by atoms with E-state index < -0.39 is 10.0 Å². The van der Waals surface area contributed by atoms with Crippen molar-refractivity contribution < 1.29 is 17.5 Å². The van der Waals surface area contributed by atoms with Crippen molar-refractivity contribution >= 4 is 21.6 Å². The molecule has 0 aliphatic heterocycles. The van der Waals surface area contributed by atoms with E-state index in [-0.39, 0.29) is 10.7 Å². The van der Waals surface area contributed by atoms with E-state index in [0.29, 0.717) is 42.1 Å². The molecule has 2 aromatic rings. The molecule has 3 rings (SSSR count). The van der Waals surface area contributed by atoms with Crippen LogP contribution in [0.1, 0.15) is 18.4 Å². The summed E-state index contributed by atoms with van der Waals surface area (Å²) in [7, 11) is -0.464. The van der Waals surface area contributed by atoms with Crippen molar-refractivity contribution in [3.8, 4) is 5.75 Å². The Morgan fingerprint density at radius 1 is 1.14 bits per heavy atom. The number of hydrogen-bond acceptors (Lipinski definition) is 4. The molecule has 152 valence electrons. The number of benzene rings is 2. The fraction of sp³-hybridized carbons (Fsp3) is 0.400. The lowest BCUT2D eigenvalue weighted by atomic mass is 10.2. The molecular formula is C20H24ClFN2O3S. The van der Waals surface area contributed by atoms with Crippen LogP contribution in [0, 0.1) is 5.82 Å². The molecule has 0 bridgehead atoms. The highest BCUT2D eigenvalue weighted by atomic mass is 35.5. The fourth-order valence-corrected chi connectivity index (χ4v) is 4.04. The molecular weight excluding hydrogens is 403 g/mol. The van der Waals surface area contributed by atoms with E-state index in [1.807, 2.05) is 0 Å². The highest BCUT2D eigenvalue weighted by Crippen LogP contribution is 2.30. The molecule has 0 unspecified atom stereocenters. The van der Waals surface area contributed by atoms with Crippen LogP contribution in [-0.4, -0.2) is 50.9 Å². The Balaban J connectivity index is 1.58. The van der Waals surface area contributed by atoms with Gasteiger partial charge in [-0.3, -0.25) is 4.90 Å². The number of halogens is 2. The van der Waals surface area contributed by atoms with E-state index in [2.05, 4.69) is 4.90 Å². The molecule has 8 heteroatoms. The van der Waals surface area contributed by atoms with Gasteiger partial charge < -0.3 is 4.74 Å². The van der Waals surface area contributed by atoms with Crippen molar-refractivity contribution in [3.63, 3.8) is 0 Å². The Hall–Kier alpha value is -1.67. The third-order valence-corrected chi connectivity index (χ3v) is 6.92. The van der Waals surface area contributed by atoms with E-state index in [1.54, 1.807) is 24.3 Å². The SMILES string of the molecule is CN(C)S(=O)(=O)c1ccc(OCCN(Cc2c(F)cccc2Cl)C2CC2)cc1. The van der Waals surface area contributed by atoms with Gasteiger partial charge in [0.15, 0.2) is 0 Å². The van der Waals surface area contributed by atoms with Gasteiger partial charge in [-0.25, -0.2) is 17.1 Å². The highest BCUT2D eigenvalue weighted by Gasteiger charge is 2.29. The van der Waals surface area contributed by atoms with Crippen molar-refractivity contribution in [2.45, 2.75) is 30.3 Å². The van der Waals surface area contributed by atoms with Crippen LogP contribution >= 0.6 is 11.6 Å². The largest absolute Gasteiger partial charge is 0.492 e. The second-order valence-corrected chi connectivity index (χ2v) is 9.57. The van der Waals surface area contributed by atoms with Crippen LogP contribution in [-0.2, 0) is 16.6 Å². The zero-order chi connectivity index (χ0) is 20.3. The van der Waals surface area contributed by atoms with Gasteiger partial charge in [-0.05, 0) is 49.2 Å². The third-order valence-electron chi connectivity index (χ3n) is 4.74. The normalized spacial score (nSPS) is 14.6. The molecule has 0 radical (unpaired) electrons. The smallest absolute Gasteiger partial charge is 0.242 e. The summed E-state index contributed by atoms with van der Waals surface area (Å²) >= 11 is 6.15. The summed E-state index contributed by atoms with van der Waals surface area (Å²) in [5, 5.41) is 0.434. The number of ether oxygens (including phenoxy) is 1. The maximum atomic E-state index is 14.1. The van der Waals surface area contributed by atoms with E-state index in [4.69, 9.17) is 16.3 Å². The molecule has 0 amide bonds. The predicted octanol–water partition coefficient (Wildman–Crippen LogP) is 3.77. The molecule has 5 nitrogen and oxygen atoms in total. The van der Waals surface area contributed by atoms with Crippen LogP contribution < -0.4 is 4.74 Å². The molecule has 1 aliphatic rings. The quantitative estimate of drug-likeness (QED) is 0.612. The van der Waals surface area contributed by atoms with E-state index >= 15 is 0 Å². The van der Waals surface area contributed by atoms with Crippen molar-refractivity contribution in [2.24, 2.45) is 0 Å². The van der Waals surface area contributed by atoms with Gasteiger partial charge in [0.1, 0.15) is 18.2 Å². The zero-order valence-electron chi connectivity index (χ0n) is 15.9. The van der Waals surface area contributed by atoms with Gasteiger partial charge in [0.05, 0.1) is 4.90 Å². The summed E-state index contributed by atoms with van der Waals surface area (Å²) in [6.45, 7) is 1.50. The number of rotatable bonds is 9. The van der Waals surface area contributed by atoms with Gasteiger partial charge in [-0.1, -0.05) is 17.7 Å². The molecule has 1 fully saturated rings. The first kappa shape index (κ1) is 21.0. The second kappa shape index (κ2) is 8.78. The Kier molecular flexibility index (Phi) is 6.60. The summed E-state index contributed by atoms with van der Waals surface area (Å²) in [6, 6.07) is 11.5. The maximum Gasteiger partial charge on any atom is 0.242 e. The molecule has 28 heavy (non-hydrogen) atoms. The molecule has 0 heterocycles. The van der Waals surface area contributed by atoms with E-state index in [0.717, 1.165) is 12.8 Å². The van der Waals surface area contributed by atoms with Crippen LogP contribution in [0.2, 0.25) is 5.02 Å². The Morgan fingerprint density at radius 2 is 1.82 bits per heavy atom. The van der Waals surface area contributed by atoms with Crippen LogP contribution in [0.5, 0.6) is 5.75 Å². The Bertz CT molecular complexity index is 895. The van der Waals surface area contributed by atoms with Gasteiger partial charge in [-0.2, -0.15) is 0 Å². The Labute approximate surface area is 170 Å². The predicted molar refractivity (Wildman–Crippen MR) is 108 cm³/mol. The summed E-state index contributed by atoms with van der Waals surface area (Å²) in [4.78, 5) is 2.40. The van der Waals surface area contributed by atoms with Crippen molar-refractivity contribution in [1.29, 1.82) is 0 Å². The topological polar surface area (TPSA) is 49.9 Å². The van der Waals surface area contributed by atoms with E-state index in [9.17, 15) is 12.8 Å². The van der Waals surface area contributed by atoms with Gasteiger partial charge in [0.25, 0.3) is 0 Å². The lowest BCUT2D eigenvalue weighted by Crippen LogP contribution is -2.30. The number of nitrogens with zero attached hydrogens (tertiary/aromatic N) is 2. The van der Waals surface area contributed by atoms with Crippen molar-refractivity contribution in [3.05, 3.63) is 58.9 Å². The van der Waals surface area contributed by atoms with Gasteiger partial charge in [0, 0.05) is 43.8 Å². The number of hydrogen-bond donors (Lipinski definition) is 0. The molecule has 0 atom stereocenters. The molecule has 0 spiro atoms. The summed E-state index contributed by atoms with van der Waals surface area (Å²) < 4.78 is 45.2. The van der Waals surface area contributed by atoms with Crippen molar-refractivity contribution in [1.82, 2.24) is 9.21 Å². The molecule has 2 aromatic carbocycles. The molecule has 1 aliphatic carbocycles. The number of sulfonamides is 1. The highest BCUT2D eigenvalue weighted by molar-refractivity contribution is 7.89. The lowest BCUT2D eigenvalue weighted by molar-refractivity contribution is 0.193. The lowest BCUT2D eigenvalue weighted by Gasteiger charge is -2.23. The standard InChI is InChI=1S/C20H24ClFN2O3S/c1-23(2)28(25,26)17-10-8-16(9-11-17)27-13-12-24(15-6-7-15)14-18-19(21)4-3-5-20(18)22/h3-5,8-11,15H,6-7,12-14H2,1-2H3.